The van der Waals surface area contributed by atoms with Crippen LogP contribution in [0.25, 0.3) is 0 Å². The molecular weight excluding hydrogens is 229 g/mol. The molecule has 1 rings (SSSR count). The first-order valence-corrected chi connectivity index (χ1v) is 6.45. The minimum Gasteiger partial charge on any atom is -0.330 e. The van der Waals surface area contributed by atoms with Crippen LogP contribution in [0.5, 0.6) is 0 Å². The van der Waals surface area contributed by atoms with E-state index >= 15 is 0 Å². The molecule has 0 bridgehead atoms. The quantitative estimate of drug-likeness (QED) is 0.652. The van der Waals surface area contributed by atoms with E-state index in [1.807, 2.05) is 0 Å². The molecule has 1 saturated carbocycles. The van der Waals surface area contributed by atoms with Gasteiger partial charge in [-0.3, -0.25) is 0 Å². The SMILES string of the molecule is NCC1(CCNCCCCC(F)(F)F)CCC1. The number of nitrogens with two attached hydrogens (primary N) is 1. The summed E-state index contributed by atoms with van der Waals surface area (Å²) in [5.41, 5.74) is 6.06. The lowest BCUT2D eigenvalue weighted by atomic mass is 9.67. The predicted molar refractivity (Wildman–Crippen MR) is 62.7 cm³/mol. The van der Waals surface area contributed by atoms with E-state index in [4.69, 9.17) is 5.73 Å². The van der Waals surface area contributed by atoms with Gasteiger partial charge >= 0.3 is 6.18 Å². The van der Waals surface area contributed by atoms with E-state index in [0.29, 0.717) is 18.4 Å². The number of alkyl halides is 3. The van der Waals surface area contributed by atoms with Gasteiger partial charge in [-0.2, -0.15) is 13.2 Å². The number of halogens is 3. The fourth-order valence-electron chi connectivity index (χ4n) is 2.29. The molecular formula is C12H23F3N2. The highest BCUT2D eigenvalue weighted by Gasteiger charge is 2.34. The Morgan fingerprint density at radius 1 is 1.12 bits per heavy atom. The van der Waals surface area contributed by atoms with Crippen LogP contribution in [0, 0.1) is 5.41 Å². The summed E-state index contributed by atoms with van der Waals surface area (Å²) >= 11 is 0. The van der Waals surface area contributed by atoms with E-state index in [0.717, 1.165) is 19.5 Å². The maximum atomic E-state index is 11.9. The van der Waals surface area contributed by atoms with Crippen molar-refractivity contribution in [3.8, 4) is 0 Å². The first-order valence-electron chi connectivity index (χ1n) is 6.45. The monoisotopic (exact) mass is 252 g/mol. The van der Waals surface area contributed by atoms with Crippen LogP contribution in [0.3, 0.4) is 0 Å². The van der Waals surface area contributed by atoms with Gasteiger partial charge in [0, 0.05) is 6.42 Å². The van der Waals surface area contributed by atoms with E-state index in [1.165, 1.54) is 19.3 Å². The molecule has 1 fully saturated rings. The highest BCUT2D eigenvalue weighted by atomic mass is 19.4. The molecule has 0 aliphatic heterocycles. The standard InChI is InChI=1S/C12H23F3N2/c13-12(14,15)6-1-2-8-17-9-7-11(10-16)4-3-5-11/h17H,1-10,16H2. The molecule has 2 nitrogen and oxygen atoms in total. The highest BCUT2D eigenvalue weighted by Crippen LogP contribution is 2.42. The van der Waals surface area contributed by atoms with Gasteiger partial charge < -0.3 is 11.1 Å². The van der Waals surface area contributed by atoms with Gasteiger partial charge in [0.2, 0.25) is 0 Å². The Morgan fingerprint density at radius 3 is 2.29 bits per heavy atom. The van der Waals surface area contributed by atoms with Crippen molar-refractivity contribution in [3.63, 3.8) is 0 Å². The third kappa shape index (κ3) is 5.73. The molecule has 5 heteroatoms. The van der Waals surface area contributed by atoms with E-state index in [9.17, 15) is 13.2 Å². The lowest BCUT2D eigenvalue weighted by Crippen LogP contribution is -2.39. The Morgan fingerprint density at radius 2 is 1.82 bits per heavy atom. The molecule has 0 aromatic carbocycles. The Bertz CT molecular complexity index is 207. The molecule has 0 heterocycles. The summed E-state index contributed by atoms with van der Waals surface area (Å²) in [5, 5.41) is 3.21. The van der Waals surface area contributed by atoms with E-state index < -0.39 is 12.6 Å². The molecule has 1 aliphatic carbocycles. The molecule has 0 atom stereocenters. The third-order valence-electron chi connectivity index (χ3n) is 3.74. The molecule has 0 saturated heterocycles. The molecule has 102 valence electrons. The topological polar surface area (TPSA) is 38.0 Å². The molecule has 3 N–H and O–H groups in total. The fraction of sp³-hybridized carbons (Fsp3) is 1.00. The van der Waals surface area contributed by atoms with Crippen molar-refractivity contribution in [1.29, 1.82) is 0 Å². The molecule has 0 unspecified atom stereocenters. The minimum absolute atomic E-state index is 0.221. The molecule has 0 spiro atoms. The largest absolute Gasteiger partial charge is 0.389 e. The summed E-state index contributed by atoms with van der Waals surface area (Å²) in [6.07, 6.45) is 0.884. The predicted octanol–water partition coefficient (Wildman–Crippen LogP) is 2.83. The zero-order valence-corrected chi connectivity index (χ0v) is 10.3. The van der Waals surface area contributed by atoms with Crippen molar-refractivity contribution in [2.45, 2.75) is 51.1 Å². The smallest absolute Gasteiger partial charge is 0.330 e. The lowest BCUT2D eigenvalue weighted by Gasteiger charge is -2.41. The Labute approximate surface area is 101 Å². The second-order valence-corrected chi connectivity index (χ2v) is 5.13. The highest BCUT2D eigenvalue weighted by molar-refractivity contribution is 4.88. The second kappa shape index (κ2) is 6.59. The van der Waals surface area contributed by atoms with Crippen molar-refractivity contribution < 1.29 is 13.2 Å². The number of unbranched alkanes of at least 4 members (excludes halogenated alkanes) is 1. The van der Waals surface area contributed by atoms with Gasteiger partial charge in [0.1, 0.15) is 0 Å². The van der Waals surface area contributed by atoms with E-state index in [-0.39, 0.29) is 6.42 Å². The average molecular weight is 252 g/mol. The van der Waals surface area contributed by atoms with Crippen LogP contribution in [-0.2, 0) is 0 Å². The van der Waals surface area contributed by atoms with Crippen LogP contribution >= 0.6 is 0 Å². The van der Waals surface area contributed by atoms with Crippen molar-refractivity contribution in [3.05, 3.63) is 0 Å². The van der Waals surface area contributed by atoms with Gasteiger partial charge in [-0.15, -0.1) is 0 Å². The molecule has 0 amide bonds. The summed E-state index contributed by atoms with van der Waals surface area (Å²) in [5.74, 6) is 0. The van der Waals surface area contributed by atoms with Gasteiger partial charge in [-0.05, 0) is 57.2 Å². The first-order chi connectivity index (χ1) is 7.97. The summed E-state index contributed by atoms with van der Waals surface area (Å²) in [6.45, 7) is 2.29. The number of rotatable bonds is 8. The Balaban J connectivity index is 1.91. The number of hydrogen-bond acceptors (Lipinski definition) is 2. The second-order valence-electron chi connectivity index (χ2n) is 5.13. The molecule has 0 radical (unpaired) electrons. The van der Waals surface area contributed by atoms with Crippen LogP contribution in [0.2, 0.25) is 0 Å². The Kier molecular flexibility index (Phi) is 5.73. The van der Waals surface area contributed by atoms with Crippen molar-refractivity contribution in [2.24, 2.45) is 11.1 Å². The summed E-state index contributed by atoms with van der Waals surface area (Å²) in [4.78, 5) is 0. The van der Waals surface area contributed by atoms with Crippen LogP contribution < -0.4 is 11.1 Å². The summed E-state index contributed by atoms with van der Waals surface area (Å²) < 4.78 is 35.6. The van der Waals surface area contributed by atoms with Gasteiger partial charge in [0.15, 0.2) is 0 Å². The maximum absolute atomic E-state index is 11.9. The molecule has 0 aromatic rings. The van der Waals surface area contributed by atoms with Crippen molar-refractivity contribution in [2.75, 3.05) is 19.6 Å². The van der Waals surface area contributed by atoms with E-state index in [1.54, 1.807) is 0 Å². The van der Waals surface area contributed by atoms with Gasteiger partial charge in [0.05, 0.1) is 0 Å². The normalized spacial score (nSPS) is 19.1. The average Bonchev–Trinajstić information content (AvgIpc) is 2.18. The fourth-order valence-corrected chi connectivity index (χ4v) is 2.29. The number of hydrogen-bond donors (Lipinski definition) is 2. The van der Waals surface area contributed by atoms with Crippen molar-refractivity contribution in [1.82, 2.24) is 5.32 Å². The van der Waals surface area contributed by atoms with Crippen LogP contribution in [0.1, 0.15) is 44.9 Å². The van der Waals surface area contributed by atoms with Crippen LogP contribution in [0.15, 0.2) is 0 Å². The molecule has 0 aromatic heterocycles. The molecule has 17 heavy (non-hydrogen) atoms. The lowest BCUT2D eigenvalue weighted by molar-refractivity contribution is -0.135. The first kappa shape index (κ1) is 14.8. The third-order valence-corrected chi connectivity index (χ3v) is 3.74. The Hall–Kier alpha value is -0.290. The van der Waals surface area contributed by atoms with Gasteiger partial charge in [-0.1, -0.05) is 6.42 Å². The minimum atomic E-state index is -4.00. The zero-order chi connectivity index (χ0) is 12.8. The van der Waals surface area contributed by atoms with Crippen LogP contribution in [-0.4, -0.2) is 25.8 Å². The van der Waals surface area contributed by atoms with Gasteiger partial charge in [-0.25, -0.2) is 0 Å². The van der Waals surface area contributed by atoms with E-state index in [2.05, 4.69) is 5.32 Å². The zero-order valence-electron chi connectivity index (χ0n) is 10.3. The van der Waals surface area contributed by atoms with Crippen molar-refractivity contribution >= 4 is 0 Å². The maximum Gasteiger partial charge on any atom is 0.389 e. The molecule has 1 aliphatic rings. The summed E-state index contributed by atoms with van der Waals surface area (Å²) in [6, 6.07) is 0. The van der Waals surface area contributed by atoms with Gasteiger partial charge in [0.25, 0.3) is 0 Å². The number of nitrogens with one attached hydrogen (secondary N) is 1. The summed E-state index contributed by atoms with van der Waals surface area (Å²) in [7, 11) is 0. The van der Waals surface area contributed by atoms with Crippen LogP contribution in [0.4, 0.5) is 13.2 Å².